The number of hydrogen-bond donors (Lipinski definition) is 1. The number of amides is 3. The third-order valence-electron chi connectivity index (χ3n) is 7.43. The molecule has 0 spiro atoms. The maximum absolute atomic E-state index is 13.6. The van der Waals surface area contributed by atoms with Gasteiger partial charge in [-0.1, -0.05) is 19.4 Å². The minimum atomic E-state index is -0.783. The number of benzene rings is 1. The molecule has 0 aliphatic carbocycles. The summed E-state index contributed by atoms with van der Waals surface area (Å²) in [5, 5.41) is 3.14. The number of nitrogens with one attached hydrogen (secondary N) is 1. The number of carbonyl (C=O) groups is 2. The second-order valence-electron chi connectivity index (χ2n) is 9.43. The van der Waals surface area contributed by atoms with Crippen molar-refractivity contribution >= 4 is 11.9 Å². The number of rotatable bonds is 9. The molecular formula is C25H37N3O5. The van der Waals surface area contributed by atoms with Crippen molar-refractivity contribution in [2.24, 2.45) is 5.92 Å². The van der Waals surface area contributed by atoms with Crippen molar-refractivity contribution in [3.8, 4) is 11.5 Å². The Hall–Kier alpha value is -2.32. The maximum Gasteiger partial charge on any atom is 0.325 e. The van der Waals surface area contributed by atoms with Crippen LogP contribution in [0.4, 0.5) is 4.79 Å². The lowest BCUT2D eigenvalue weighted by Crippen LogP contribution is -2.56. The lowest BCUT2D eigenvalue weighted by Gasteiger charge is -2.41. The summed E-state index contributed by atoms with van der Waals surface area (Å²) >= 11 is 0. The first-order chi connectivity index (χ1) is 16.0. The zero-order valence-electron chi connectivity index (χ0n) is 20.1. The number of likely N-dealkylation sites (tertiary alicyclic amines) is 1. The molecule has 3 fully saturated rings. The molecule has 0 bridgehead atoms. The standard InChI is InChI=1S/C25H37N3O5/c1-4-11-25(23(29)28(24(30)26-25)17-21-6-5-14-33-21)19-9-12-27(13-10-19)16-18-7-8-20(31-2)15-22(18)32-3/h7-8,15,19,21H,4-6,9-14,16-17H2,1-3H3,(H,26,30). The number of hydrogen-bond acceptors (Lipinski definition) is 6. The highest BCUT2D eigenvalue weighted by atomic mass is 16.5. The molecule has 0 aromatic heterocycles. The zero-order chi connectivity index (χ0) is 23.4. The van der Waals surface area contributed by atoms with Gasteiger partial charge in [-0.2, -0.15) is 0 Å². The number of carbonyl (C=O) groups excluding carboxylic acids is 2. The molecule has 3 aliphatic heterocycles. The summed E-state index contributed by atoms with van der Waals surface area (Å²) in [6.07, 6.45) is 5.14. The van der Waals surface area contributed by atoms with Gasteiger partial charge in [0, 0.05) is 24.8 Å². The maximum atomic E-state index is 13.6. The average Bonchev–Trinajstić information content (AvgIpc) is 3.43. The fourth-order valence-corrected chi connectivity index (χ4v) is 5.65. The van der Waals surface area contributed by atoms with E-state index in [4.69, 9.17) is 14.2 Å². The quantitative estimate of drug-likeness (QED) is 0.572. The van der Waals surface area contributed by atoms with E-state index in [1.165, 1.54) is 4.90 Å². The molecule has 1 aromatic carbocycles. The van der Waals surface area contributed by atoms with E-state index in [0.29, 0.717) is 19.6 Å². The van der Waals surface area contributed by atoms with Gasteiger partial charge in [0.25, 0.3) is 5.91 Å². The van der Waals surface area contributed by atoms with Crippen LogP contribution in [-0.4, -0.2) is 73.8 Å². The summed E-state index contributed by atoms with van der Waals surface area (Å²) in [4.78, 5) is 30.2. The van der Waals surface area contributed by atoms with Crippen LogP contribution in [0.1, 0.15) is 51.0 Å². The molecule has 0 radical (unpaired) electrons. The summed E-state index contributed by atoms with van der Waals surface area (Å²) in [5.74, 6) is 1.68. The number of methoxy groups -OCH3 is 2. The summed E-state index contributed by atoms with van der Waals surface area (Å²) in [6, 6.07) is 5.66. The minimum absolute atomic E-state index is 0.0292. The largest absolute Gasteiger partial charge is 0.497 e. The highest BCUT2D eigenvalue weighted by molar-refractivity contribution is 6.07. The van der Waals surface area contributed by atoms with Gasteiger partial charge >= 0.3 is 6.03 Å². The monoisotopic (exact) mass is 459 g/mol. The summed E-state index contributed by atoms with van der Waals surface area (Å²) < 4.78 is 16.6. The van der Waals surface area contributed by atoms with Crippen molar-refractivity contribution < 1.29 is 23.8 Å². The van der Waals surface area contributed by atoms with Crippen LogP contribution in [0.5, 0.6) is 11.5 Å². The van der Waals surface area contributed by atoms with Gasteiger partial charge in [0.1, 0.15) is 17.0 Å². The fourth-order valence-electron chi connectivity index (χ4n) is 5.65. The molecule has 4 rings (SSSR count). The molecule has 2 unspecified atom stereocenters. The average molecular weight is 460 g/mol. The van der Waals surface area contributed by atoms with Crippen LogP contribution in [-0.2, 0) is 16.1 Å². The topological polar surface area (TPSA) is 80.3 Å². The molecule has 8 heteroatoms. The Morgan fingerprint density at radius 2 is 1.94 bits per heavy atom. The van der Waals surface area contributed by atoms with Crippen molar-refractivity contribution in [2.45, 2.75) is 63.6 Å². The van der Waals surface area contributed by atoms with Crippen molar-refractivity contribution in [3.05, 3.63) is 23.8 Å². The first-order valence-electron chi connectivity index (χ1n) is 12.2. The van der Waals surface area contributed by atoms with Gasteiger partial charge in [0.05, 0.1) is 26.9 Å². The van der Waals surface area contributed by atoms with Crippen molar-refractivity contribution in [3.63, 3.8) is 0 Å². The molecule has 182 valence electrons. The number of imide groups is 1. The predicted molar refractivity (Wildman–Crippen MR) is 124 cm³/mol. The van der Waals surface area contributed by atoms with Gasteiger partial charge in [-0.3, -0.25) is 14.6 Å². The van der Waals surface area contributed by atoms with Crippen LogP contribution >= 0.6 is 0 Å². The highest BCUT2D eigenvalue weighted by Gasteiger charge is 2.55. The smallest absolute Gasteiger partial charge is 0.325 e. The van der Waals surface area contributed by atoms with Crippen LogP contribution in [0, 0.1) is 5.92 Å². The van der Waals surface area contributed by atoms with Crippen LogP contribution in [0.2, 0.25) is 0 Å². The lowest BCUT2D eigenvalue weighted by atomic mass is 9.74. The third-order valence-corrected chi connectivity index (χ3v) is 7.43. The van der Waals surface area contributed by atoms with E-state index in [2.05, 4.69) is 17.1 Å². The minimum Gasteiger partial charge on any atom is -0.497 e. The SMILES string of the molecule is CCCC1(C2CCN(Cc3ccc(OC)cc3OC)CC2)NC(=O)N(CC2CCCO2)C1=O. The Balaban J connectivity index is 1.41. The van der Waals surface area contributed by atoms with Gasteiger partial charge in [0.15, 0.2) is 0 Å². The third kappa shape index (κ3) is 4.82. The van der Waals surface area contributed by atoms with E-state index in [-0.39, 0.29) is 24.0 Å². The summed E-state index contributed by atoms with van der Waals surface area (Å²) in [6.45, 7) is 5.69. The first kappa shape index (κ1) is 23.8. The van der Waals surface area contributed by atoms with Gasteiger partial charge < -0.3 is 19.5 Å². The van der Waals surface area contributed by atoms with Crippen molar-refractivity contribution in [1.29, 1.82) is 0 Å². The number of nitrogens with zero attached hydrogens (tertiary/aromatic N) is 2. The number of urea groups is 1. The number of piperidine rings is 1. The molecule has 1 N–H and O–H groups in total. The molecule has 0 saturated carbocycles. The highest BCUT2D eigenvalue weighted by Crippen LogP contribution is 2.38. The van der Waals surface area contributed by atoms with Crippen LogP contribution in [0.25, 0.3) is 0 Å². The first-order valence-corrected chi connectivity index (χ1v) is 12.2. The van der Waals surface area contributed by atoms with Crippen LogP contribution in [0.15, 0.2) is 18.2 Å². The van der Waals surface area contributed by atoms with E-state index in [0.717, 1.165) is 68.8 Å². The van der Waals surface area contributed by atoms with E-state index in [9.17, 15) is 9.59 Å². The summed E-state index contributed by atoms with van der Waals surface area (Å²) in [5.41, 5.74) is 0.335. The van der Waals surface area contributed by atoms with E-state index < -0.39 is 5.54 Å². The molecule has 3 aliphatic rings. The molecule has 3 heterocycles. The second-order valence-corrected chi connectivity index (χ2v) is 9.43. The Bertz CT molecular complexity index is 848. The van der Waals surface area contributed by atoms with Gasteiger partial charge in [-0.15, -0.1) is 0 Å². The van der Waals surface area contributed by atoms with Crippen molar-refractivity contribution in [2.75, 3.05) is 40.5 Å². The van der Waals surface area contributed by atoms with Crippen LogP contribution in [0.3, 0.4) is 0 Å². The Morgan fingerprint density at radius 1 is 1.15 bits per heavy atom. The molecule has 2 atom stereocenters. The molecule has 3 saturated heterocycles. The molecule has 33 heavy (non-hydrogen) atoms. The molecule has 8 nitrogen and oxygen atoms in total. The van der Waals surface area contributed by atoms with E-state index >= 15 is 0 Å². The second kappa shape index (κ2) is 10.3. The van der Waals surface area contributed by atoms with E-state index in [1.807, 2.05) is 18.2 Å². The van der Waals surface area contributed by atoms with Crippen molar-refractivity contribution in [1.82, 2.24) is 15.1 Å². The Morgan fingerprint density at radius 3 is 2.58 bits per heavy atom. The van der Waals surface area contributed by atoms with E-state index in [1.54, 1.807) is 14.2 Å². The van der Waals surface area contributed by atoms with Crippen LogP contribution < -0.4 is 14.8 Å². The summed E-state index contributed by atoms with van der Waals surface area (Å²) in [7, 11) is 3.33. The van der Waals surface area contributed by atoms with Gasteiger partial charge in [-0.05, 0) is 57.2 Å². The number of ether oxygens (including phenoxy) is 3. The normalized spacial score (nSPS) is 26.6. The van der Waals surface area contributed by atoms with Gasteiger partial charge in [-0.25, -0.2) is 4.79 Å². The molecule has 1 aromatic rings. The lowest BCUT2D eigenvalue weighted by molar-refractivity contribution is -0.135. The molecule has 3 amide bonds. The Kier molecular flexibility index (Phi) is 7.44. The predicted octanol–water partition coefficient (Wildman–Crippen LogP) is 3.19. The Labute approximate surface area is 196 Å². The van der Waals surface area contributed by atoms with Gasteiger partial charge in [0.2, 0.25) is 0 Å². The molecular weight excluding hydrogens is 422 g/mol. The fraction of sp³-hybridized carbons (Fsp3) is 0.680. The zero-order valence-corrected chi connectivity index (χ0v) is 20.1.